The second-order valence-electron chi connectivity index (χ2n) is 5.57. The first-order valence-electron chi connectivity index (χ1n) is 7.71. The topological polar surface area (TPSA) is 39.7 Å². The maximum Gasteiger partial charge on any atom is 0.231 e. The van der Waals surface area contributed by atoms with Gasteiger partial charge in [0.15, 0.2) is 11.5 Å². The average Bonchev–Trinajstić information content (AvgIpc) is 3.00. The molecule has 0 spiro atoms. The van der Waals surface area contributed by atoms with E-state index in [-0.39, 0.29) is 12.7 Å². The number of ether oxygens (including phenoxy) is 3. The molecule has 0 bridgehead atoms. The summed E-state index contributed by atoms with van der Waals surface area (Å²) < 4.78 is 16.8. The van der Waals surface area contributed by atoms with Crippen LogP contribution in [0.15, 0.2) is 36.4 Å². The Morgan fingerprint density at radius 2 is 1.96 bits per heavy atom. The maximum absolute atomic E-state index is 5.81. The molecule has 2 heterocycles. The van der Waals surface area contributed by atoms with Crippen LogP contribution in [0.1, 0.15) is 30.4 Å². The predicted octanol–water partition coefficient (Wildman–Crippen LogP) is 4.09. The summed E-state index contributed by atoms with van der Waals surface area (Å²) in [6.45, 7) is 2.90. The Morgan fingerprint density at radius 1 is 1.17 bits per heavy atom. The van der Waals surface area contributed by atoms with Gasteiger partial charge in [-0.1, -0.05) is 30.4 Å². The summed E-state index contributed by atoms with van der Waals surface area (Å²) in [4.78, 5) is 0.827. The molecule has 0 saturated carbocycles. The third kappa shape index (κ3) is 2.51. The molecular weight excluding hydrogens is 310 g/mol. The average molecular weight is 327 g/mol. The number of thiocarbonyl (C=S) groups is 1. The van der Waals surface area contributed by atoms with Crippen LogP contribution in [0, 0.1) is 0 Å². The summed E-state index contributed by atoms with van der Waals surface area (Å²) >= 11 is 5.47. The van der Waals surface area contributed by atoms with Crippen molar-refractivity contribution in [3.63, 3.8) is 0 Å². The molecule has 0 saturated heterocycles. The molecule has 2 aromatic carbocycles. The highest BCUT2D eigenvalue weighted by Gasteiger charge is 2.29. The van der Waals surface area contributed by atoms with Crippen LogP contribution in [0.4, 0.5) is 5.69 Å². The molecule has 1 unspecified atom stereocenters. The zero-order valence-electron chi connectivity index (χ0n) is 12.8. The Morgan fingerprint density at radius 3 is 2.78 bits per heavy atom. The van der Waals surface area contributed by atoms with Crippen molar-refractivity contribution in [3.05, 3.63) is 47.5 Å². The van der Waals surface area contributed by atoms with E-state index >= 15 is 0 Å². The molecule has 0 aromatic heterocycles. The van der Waals surface area contributed by atoms with Gasteiger partial charge in [0.2, 0.25) is 6.79 Å². The molecular formula is C18H17NO3S. The van der Waals surface area contributed by atoms with Gasteiger partial charge >= 0.3 is 0 Å². The van der Waals surface area contributed by atoms with Crippen molar-refractivity contribution in [1.82, 2.24) is 0 Å². The van der Waals surface area contributed by atoms with E-state index in [1.54, 1.807) is 0 Å². The van der Waals surface area contributed by atoms with Gasteiger partial charge in [0.1, 0.15) is 5.75 Å². The molecule has 0 aliphatic carbocycles. The lowest BCUT2D eigenvalue weighted by molar-refractivity contribution is 0.174. The normalized spacial score (nSPS) is 18.3. The number of rotatable bonds is 3. The smallest absolute Gasteiger partial charge is 0.231 e. The minimum absolute atomic E-state index is 0.149. The van der Waals surface area contributed by atoms with Crippen LogP contribution >= 0.6 is 12.2 Å². The highest BCUT2D eigenvalue weighted by Crippen LogP contribution is 2.46. The largest absolute Gasteiger partial charge is 0.494 e. The Hall–Kier alpha value is -2.27. The van der Waals surface area contributed by atoms with Crippen LogP contribution in [0.5, 0.6) is 17.2 Å². The number of hydrogen-bond acceptors (Lipinski definition) is 4. The Bertz CT molecular complexity index is 775. The van der Waals surface area contributed by atoms with Gasteiger partial charge in [0.25, 0.3) is 0 Å². The van der Waals surface area contributed by atoms with Crippen molar-refractivity contribution in [2.24, 2.45) is 0 Å². The van der Waals surface area contributed by atoms with Crippen molar-refractivity contribution in [2.75, 3.05) is 18.7 Å². The van der Waals surface area contributed by atoms with Gasteiger partial charge in [-0.3, -0.25) is 0 Å². The zero-order valence-corrected chi connectivity index (χ0v) is 13.6. The van der Waals surface area contributed by atoms with Crippen LogP contribution < -0.4 is 19.5 Å². The van der Waals surface area contributed by atoms with Crippen molar-refractivity contribution in [2.45, 2.75) is 19.3 Å². The molecule has 5 heteroatoms. The number of fused-ring (bicyclic) bond motifs is 2. The highest BCUT2D eigenvalue weighted by molar-refractivity contribution is 7.80. The molecule has 1 N–H and O–H groups in total. The molecule has 0 fully saturated rings. The second-order valence-corrected chi connectivity index (χ2v) is 6.06. The van der Waals surface area contributed by atoms with E-state index in [1.165, 1.54) is 0 Å². The summed E-state index contributed by atoms with van der Waals surface area (Å²) in [5.41, 5.74) is 3.30. The third-order valence-electron chi connectivity index (χ3n) is 4.18. The number of nitrogens with one attached hydrogen (secondary N) is 1. The van der Waals surface area contributed by atoms with Crippen molar-refractivity contribution in [3.8, 4) is 17.2 Å². The fourth-order valence-corrected chi connectivity index (χ4v) is 3.46. The zero-order chi connectivity index (χ0) is 15.8. The molecule has 2 aliphatic heterocycles. The second kappa shape index (κ2) is 5.74. The first-order valence-corrected chi connectivity index (χ1v) is 8.12. The lowest BCUT2D eigenvalue weighted by Gasteiger charge is -2.29. The van der Waals surface area contributed by atoms with Crippen LogP contribution in [-0.4, -0.2) is 18.4 Å². The van der Waals surface area contributed by atoms with Gasteiger partial charge in [-0.15, -0.1) is 0 Å². The number of anilines is 1. The molecule has 4 nitrogen and oxygen atoms in total. The van der Waals surface area contributed by atoms with Crippen LogP contribution in [-0.2, 0) is 0 Å². The summed E-state index contributed by atoms with van der Waals surface area (Å²) in [5, 5.41) is 3.30. The minimum Gasteiger partial charge on any atom is -0.494 e. The maximum atomic E-state index is 5.81. The van der Waals surface area contributed by atoms with E-state index in [0.717, 1.165) is 45.5 Å². The van der Waals surface area contributed by atoms with Gasteiger partial charge in [0.05, 0.1) is 11.6 Å². The quantitative estimate of drug-likeness (QED) is 0.860. The summed E-state index contributed by atoms with van der Waals surface area (Å²) in [6.07, 6.45) is 0.756. The van der Waals surface area contributed by atoms with E-state index < -0.39 is 0 Å². The minimum atomic E-state index is 0.149. The van der Waals surface area contributed by atoms with Crippen molar-refractivity contribution < 1.29 is 14.2 Å². The molecule has 23 heavy (non-hydrogen) atoms. The molecule has 118 valence electrons. The molecule has 2 aliphatic rings. The van der Waals surface area contributed by atoms with Gasteiger partial charge in [-0.2, -0.15) is 0 Å². The van der Waals surface area contributed by atoms with E-state index in [9.17, 15) is 0 Å². The lowest BCUT2D eigenvalue weighted by Crippen LogP contribution is -2.22. The van der Waals surface area contributed by atoms with Crippen molar-refractivity contribution in [1.29, 1.82) is 0 Å². The standard InChI is InChI=1S/C18H17NO3S/c1-2-20-15-6-4-3-5-11(15)12-8-18(23)19-14-9-17-16(7-13(12)14)21-10-22-17/h3-7,9,12H,2,8,10H2,1H3,(H,19,23). The van der Waals surface area contributed by atoms with E-state index in [0.29, 0.717) is 6.61 Å². The Balaban J connectivity index is 1.83. The van der Waals surface area contributed by atoms with Gasteiger partial charge in [-0.25, -0.2) is 0 Å². The first-order chi connectivity index (χ1) is 11.3. The van der Waals surface area contributed by atoms with Gasteiger partial charge in [-0.05, 0) is 24.6 Å². The Kier molecular flexibility index (Phi) is 3.58. The van der Waals surface area contributed by atoms with Crippen LogP contribution in [0.25, 0.3) is 0 Å². The summed E-state index contributed by atoms with van der Waals surface area (Å²) in [7, 11) is 0. The fourth-order valence-electron chi connectivity index (χ4n) is 3.18. The highest BCUT2D eigenvalue weighted by atomic mass is 32.1. The fraction of sp³-hybridized carbons (Fsp3) is 0.278. The van der Waals surface area contributed by atoms with Crippen molar-refractivity contribution >= 4 is 22.9 Å². The number of benzene rings is 2. The van der Waals surface area contributed by atoms with Gasteiger partial charge in [0, 0.05) is 29.7 Å². The molecule has 0 radical (unpaired) electrons. The first kappa shape index (κ1) is 14.3. The number of para-hydroxylation sites is 1. The van der Waals surface area contributed by atoms with Gasteiger partial charge < -0.3 is 19.5 Å². The SMILES string of the molecule is CCOc1ccccc1C1CC(=S)Nc2cc3c(cc21)OCO3. The summed E-state index contributed by atoms with van der Waals surface area (Å²) in [6, 6.07) is 12.2. The lowest BCUT2D eigenvalue weighted by atomic mass is 9.84. The third-order valence-corrected chi connectivity index (χ3v) is 4.45. The monoisotopic (exact) mass is 327 g/mol. The Labute approximate surface area is 140 Å². The summed E-state index contributed by atoms with van der Waals surface area (Å²) in [5.74, 6) is 2.61. The molecule has 0 amide bonds. The predicted molar refractivity (Wildman–Crippen MR) is 92.9 cm³/mol. The number of hydrogen-bond donors (Lipinski definition) is 1. The molecule has 4 rings (SSSR count). The van der Waals surface area contributed by atoms with E-state index in [1.807, 2.05) is 31.2 Å². The van der Waals surface area contributed by atoms with Crippen LogP contribution in [0.2, 0.25) is 0 Å². The molecule has 2 aromatic rings. The molecule has 1 atom stereocenters. The van der Waals surface area contributed by atoms with E-state index in [2.05, 4.69) is 17.4 Å². The van der Waals surface area contributed by atoms with E-state index in [4.69, 9.17) is 26.4 Å². The van der Waals surface area contributed by atoms with Crippen LogP contribution in [0.3, 0.4) is 0 Å².